The summed E-state index contributed by atoms with van der Waals surface area (Å²) in [5.41, 5.74) is 10.3. The minimum absolute atomic E-state index is 0.0191. The second-order valence-electron chi connectivity index (χ2n) is 23.4. The summed E-state index contributed by atoms with van der Waals surface area (Å²) in [4.78, 5) is 141. The van der Waals surface area contributed by atoms with Gasteiger partial charge in [-0.1, -0.05) is 94.7 Å². The predicted octanol–water partition coefficient (Wildman–Crippen LogP) is 2.08. The number of imide groups is 1. The predicted molar refractivity (Wildman–Crippen MR) is 309 cm³/mol. The Kier molecular flexibility index (Phi) is 22.0. The van der Waals surface area contributed by atoms with E-state index in [4.69, 9.17) is 35.2 Å². The minimum Gasteiger partial charge on any atom is -0.463 e. The summed E-state index contributed by atoms with van der Waals surface area (Å²) in [6, 6.07) is 2.52. The van der Waals surface area contributed by atoms with Crippen LogP contribution in [0.25, 0.3) is 0 Å². The van der Waals surface area contributed by atoms with E-state index in [1.165, 1.54) is 37.3 Å². The summed E-state index contributed by atoms with van der Waals surface area (Å²) in [5.74, 6) is -7.60. The first-order valence-electron chi connectivity index (χ1n) is 29.5. The van der Waals surface area contributed by atoms with Crippen molar-refractivity contribution in [3.63, 3.8) is 0 Å². The largest absolute Gasteiger partial charge is 0.463 e. The molecule has 4 aliphatic heterocycles. The molecule has 1 aromatic carbocycles. The Bertz CT molecular complexity index is 2810. The summed E-state index contributed by atoms with van der Waals surface area (Å²) in [6.45, 7) is 11.0. The molecular weight excluding hydrogens is 1100 g/mol. The number of epoxide rings is 1. The maximum absolute atomic E-state index is 14.7. The van der Waals surface area contributed by atoms with Crippen molar-refractivity contribution in [2.75, 3.05) is 32.9 Å². The molecular formula is C61H83N9O15. The first-order valence-corrected chi connectivity index (χ1v) is 29.5. The van der Waals surface area contributed by atoms with Gasteiger partial charge in [0.25, 0.3) is 11.8 Å². The number of ether oxygens (including phenoxy) is 5. The smallest absolute Gasteiger partial charge is 0.331 e. The number of carbonyl (C=O) groups excluding carboxylic acids is 10. The van der Waals surface area contributed by atoms with Crippen LogP contribution in [-0.2, 0) is 78.1 Å². The number of amides is 7. The van der Waals surface area contributed by atoms with Crippen molar-refractivity contribution in [3.05, 3.63) is 84.0 Å². The average molecular weight is 1180 g/mol. The number of hydrogen-bond donors (Lipinski definition) is 7. The molecule has 24 heteroatoms. The molecule has 0 aromatic heterocycles. The lowest BCUT2D eigenvalue weighted by molar-refractivity contribution is -0.233. The van der Waals surface area contributed by atoms with Crippen LogP contribution >= 0.6 is 0 Å². The Morgan fingerprint density at radius 1 is 0.800 bits per heavy atom. The maximum atomic E-state index is 14.7. The van der Waals surface area contributed by atoms with Gasteiger partial charge in [-0.25, -0.2) is 14.4 Å². The van der Waals surface area contributed by atoms with Crippen LogP contribution < -0.4 is 38.1 Å². The number of guanidine groups is 1. The topological polar surface area (TPSA) is 348 Å². The number of aliphatic imine (C=N–C) groups is 1. The average Bonchev–Trinajstić information content (AvgIpc) is 1.56. The summed E-state index contributed by atoms with van der Waals surface area (Å²) in [7, 11) is 0. The summed E-state index contributed by atoms with van der Waals surface area (Å²) < 4.78 is 30.9. The molecule has 7 rings (SSSR count). The van der Waals surface area contributed by atoms with Gasteiger partial charge in [0.15, 0.2) is 5.96 Å². The van der Waals surface area contributed by atoms with E-state index < -0.39 is 118 Å². The Hall–Kier alpha value is -7.73. The monoisotopic (exact) mass is 1180 g/mol. The second kappa shape index (κ2) is 28.9. The number of unbranched alkanes of at least 4 members (excludes halogenated alkanes) is 2. The number of hydrogen-bond acceptors (Lipinski definition) is 16. The fourth-order valence-electron chi connectivity index (χ4n) is 12.2. The van der Waals surface area contributed by atoms with Gasteiger partial charge in [-0.2, -0.15) is 0 Å². The zero-order chi connectivity index (χ0) is 61.6. The number of nitrogens with two attached hydrogens (primary N) is 2. The molecule has 462 valence electrons. The van der Waals surface area contributed by atoms with Gasteiger partial charge in [-0.05, 0) is 76.2 Å². The molecule has 2 aliphatic carbocycles. The quantitative estimate of drug-likeness (QED) is 0.0121. The van der Waals surface area contributed by atoms with Crippen molar-refractivity contribution in [1.29, 1.82) is 0 Å². The van der Waals surface area contributed by atoms with E-state index in [-0.39, 0.29) is 82.1 Å². The normalized spacial score (nSPS) is 28.9. The van der Waals surface area contributed by atoms with Crippen LogP contribution in [0, 0.1) is 22.7 Å². The van der Waals surface area contributed by atoms with E-state index in [0.29, 0.717) is 57.1 Å². The van der Waals surface area contributed by atoms with Crippen LogP contribution in [0.5, 0.6) is 0 Å². The lowest BCUT2D eigenvalue weighted by Crippen LogP contribution is -2.67. The van der Waals surface area contributed by atoms with E-state index in [2.05, 4.69) is 31.6 Å². The molecule has 6 aliphatic rings. The van der Waals surface area contributed by atoms with Crippen molar-refractivity contribution in [3.8, 4) is 0 Å². The standard InChI is InChI=1S/C61H83N9O15/c1-7-37(3)51(68-46(71)20-12-9-15-29-70-47(72)23-24-48(70)73)56(79)67-42(32-40-17-10-8-11-18-40)55(78)66-41(19-16-28-64-58(62)63)54(77)65-39(5)53(76)69-52-38(4)26-30-81-49(74)21-13-14-22-50(75)85-43-33-45-61(35-83-61)59(43,6)60(34-82-57(52)80)27-25-36(2)31-44(60)84-45/h8,10-11,13-14,17-18,21-24,31,37-39,41-45,51-52H,7,9,12,15-16,19-20,25-30,32-35H2,1-6H3,(H,65,77)(H,66,78)(H,67,79)(H,68,71)(H,69,76)(H4,62,63,64)/b21-13+,22-14-/t37-,38+,39-,41-,42-,43+,44+,45+,51-,52+,59+,60+,61-/m0/s1. The number of nitrogens with zero attached hydrogens (tertiary/aromatic N) is 2. The molecule has 13 atom stereocenters. The zero-order valence-corrected chi connectivity index (χ0v) is 49.4. The molecule has 24 nitrogen and oxygen atoms in total. The van der Waals surface area contributed by atoms with E-state index in [0.717, 1.165) is 16.5 Å². The van der Waals surface area contributed by atoms with Crippen LogP contribution in [0.2, 0.25) is 0 Å². The lowest BCUT2D eigenvalue weighted by Gasteiger charge is -2.58. The Balaban J connectivity index is 1.06. The zero-order valence-electron chi connectivity index (χ0n) is 49.4. The van der Waals surface area contributed by atoms with Crippen molar-refractivity contribution in [1.82, 2.24) is 31.5 Å². The third kappa shape index (κ3) is 15.6. The highest BCUT2D eigenvalue weighted by molar-refractivity contribution is 6.12. The molecule has 7 amide bonds. The van der Waals surface area contributed by atoms with Crippen LogP contribution in [0.3, 0.4) is 0 Å². The third-order valence-electron chi connectivity index (χ3n) is 17.7. The number of cyclic esters (lactones) is 2. The number of esters is 3. The van der Waals surface area contributed by atoms with Crippen molar-refractivity contribution >= 4 is 65.2 Å². The molecule has 1 aromatic rings. The number of nitrogens with one attached hydrogen (secondary N) is 5. The van der Waals surface area contributed by atoms with Gasteiger partial charge in [0.2, 0.25) is 29.5 Å². The van der Waals surface area contributed by atoms with Crippen LogP contribution in [-0.4, -0.2) is 157 Å². The van der Waals surface area contributed by atoms with Crippen LogP contribution in [0.1, 0.15) is 118 Å². The van der Waals surface area contributed by atoms with E-state index in [9.17, 15) is 47.9 Å². The first-order chi connectivity index (χ1) is 40.5. The van der Waals surface area contributed by atoms with Gasteiger partial charge in [0, 0.05) is 62.1 Å². The van der Waals surface area contributed by atoms with Crippen molar-refractivity contribution in [2.24, 2.45) is 39.1 Å². The summed E-state index contributed by atoms with van der Waals surface area (Å²) >= 11 is 0. The van der Waals surface area contributed by atoms with E-state index in [1.807, 2.05) is 26.8 Å². The molecule has 85 heavy (non-hydrogen) atoms. The fourth-order valence-corrected chi connectivity index (χ4v) is 12.2. The number of allylic oxidation sites excluding steroid dienone is 3. The highest BCUT2D eigenvalue weighted by Crippen LogP contribution is 2.72. The van der Waals surface area contributed by atoms with Gasteiger partial charge in [-0.3, -0.25) is 43.5 Å². The van der Waals surface area contributed by atoms with E-state index in [1.54, 1.807) is 44.2 Å². The molecule has 4 heterocycles. The Morgan fingerprint density at radius 2 is 1.48 bits per heavy atom. The van der Waals surface area contributed by atoms with E-state index >= 15 is 0 Å². The van der Waals surface area contributed by atoms with Crippen LogP contribution in [0.4, 0.5) is 0 Å². The van der Waals surface area contributed by atoms with Crippen molar-refractivity contribution < 1.29 is 71.6 Å². The SMILES string of the molecule is CC[C@H](C)[C@H](NC(=O)CCCCCN1C(=O)C=CC1=O)C(=O)N[C@@H](Cc1ccccc1)C(=O)N[C@@H](CCCN=C(N)N)C(=O)N[C@@H](C)C(=O)N[C@H]1C(=O)OC[C@]23CCC(C)=C[C@H]2O[C@@H]2C[C@@H](OC(=O)/C=C\C=C\C(=O)OCC[C@H]1C)[C@@]3(C)[C@]21CO1. The third-order valence-corrected chi connectivity index (χ3v) is 17.7. The minimum atomic E-state index is -1.35. The highest BCUT2D eigenvalue weighted by Gasteiger charge is 2.83. The molecule has 9 N–H and O–H groups in total. The molecule has 0 unspecified atom stereocenters. The Morgan fingerprint density at radius 3 is 2.16 bits per heavy atom. The summed E-state index contributed by atoms with van der Waals surface area (Å²) in [5, 5.41) is 13.9. The first kappa shape index (κ1) is 64.8. The number of carbonyl (C=O) groups is 10. The van der Waals surface area contributed by atoms with Gasteiger partial charge in [-0.15, -0.1) is 0 Å². The molecule has 1 saturated carbocycles. The van der Waals surface area contributed by atoms with Crippen LogP contribution in [0.15, 0.2) is 83.4 Å². The molecule has 2 spiro atoms. The van der Waals surface area contributed by atoms with Gasteiger partial charge in [0.05, 0.1) is 30.8 Å². The Labute approximate surface area is 495 Å². The maximum Gasteiger partial charge on any atom is 0.331 e. The molecule has 2 bridgehead atoms. The van der Waals surface area contributed by atoms with Gasteiger partial charge >= 0.3 is 17.9 Å². The van der Waals surface area contributed by atoms with Crippen molar-refractivity contribution in [2.45, 2.75) is 173 Å². The fraction of sp³-hybridized carbons (Fsp3) is 0.590. The molecule has 2 saturated heterocycles. The van der Waals surface area contributed by atoms with Gasteiger partial charge in [0.1, 0.15) is 48.5 Å². The second-order valence-corrected chi connectivity index (χ2v) is 23.4. The number of rotatable bonds is 23. The molecule has 0 radical (unpaired) electrons. The summed E-state index contributed by atoms with van der Waals surface area (Å²) in [6.07, 6.45) is 11.6. The lowest BCUT2D eigenvalue weighted by atomic mass is 9.51. The number of benzene rings is 1. The highest BCUT2D eigenvalue weighted by atomic mass is 16.6. The van der Waals surface area contributed by atoms with Gasteiger partial charge < -0.3 is 61.7 Å². The molecule has 3 fully saturated rings.